The molecule has 0 heterocycles. The molecule has 0 saturated carbocycles. The minimum atomic E-state index is -0.348. The number of rotatable bonds is 2. The molecule has 0 bridgehead atoms. The maximum absolute atomic E-state index is 12.9. The monoisotopic (exact) mass is 191 g/mol. The molecule has 1 rings (SSSR count). The zero-order valence-electron chi connectivity index (χ0n) is 6.93. The topological polar surface area (TPSA) is 21.3 Å². The van der Waals surface area contributed by atoms with Gasteiger partial charge in [0, 0.05) is 18.8 Å². The highest BCUT2D eigenvalue weighted by Gasteiger charge is 2.00. The van der Waals surface area contributed by atoms with Gasteiger partial charge in [0.25, 0.3) is 0 Å². The van der Waals surface area contributed by atoms with E-state index in [-0.39, 0.29) is 24.0 Å². The van der Waals surface area contributed by atoms with E-state index >= 15 is 0 Å². The number of nitrogens with one attached hydrogen (secondary N) is 1. The van der Waals surface area contributed by atoms with Crippen molar-refractivity contribution in [2.75, 3.05) is 19.5 Å². The van der Waals surface area contributed by atoms with Crippen LogP contribution in [0, 0.1) is 5.82 Å². The average molecular weight is 192 g/mol. The Morgan fingerprint density at radius 1 is 1.42 bits per heavy atom. The molecule has 4 heteroatoms. The summed E-state index contributed by atoms with van der Waals surface area (Å²) in [4.78, 5) is 0. The van der Waals surface area contributed by atoms with E-state index in [2.05, 4.69) is 5.32 Å². The van der Waals surface area contributed by atoms with Crippen molar-refractivity contribution in [2.45, 2.75) is 0 Å². The van der Waals surface area contributed by atoms with Crippen molar-refractivity contribution in [3.8, 4) is 5.75 Å². The fourth-order valence-corrected chi connectivity index (χ4v) is 0.822. The van der Waals surface area contributed by atoms with E-state index in [0.717, 1.165) is 5.69 Å². The quantitative estimate of drug-likeness (QED) is 0.775. The van der Waals surface area contributed by atoms with Gasteiger partial charge >= 0.3 is 0 Å². The molecular formula is C8H11ClFNO. The standard InChI is InChI=1S/C8H10FNO.ClH/c1-10-6-3-4-8(11-2)7(9)5-6;/h3-5,10H,1-2H3;1H. The first kappa shape index (κ1) is 11.0. The van der Waals surface area contributed by atoms with E-state index in [4.69, 9.17) is 4.74 Å². The van der Waals surface area contributed by atoms with Crippen molar-refractivity contribution in [2.24, 2.45) is 0 Å². The highest BCUT2D eigenvalue weighted by atomic mass is 35.5. The SMILES string of the molecule is CNc1ccc(OC)c(F)c1.Cl. The van der Waals surface area contributed by atoms with E-state index in [9.17, 15) is 4.39 Å². The van der Waals surface area contributed by atoms with E-state index in [1.165, 1.54) is 13.2 Å². The molecule has 0 aliphatic carbocycles. The first-order valence-corrected chi connectivity index (χ1v) is 3.29. The van der Waals surface area contributed by atoms with Gasteiger partial charge in [-0.05, 0) is 12.1 Å². The number of ether oxygens (including phenoxy) is 1. The third kappa shape index (κ3) is 2.27. The van der Waals surface area contributed by atoms with Crippen LogP contribution in [0.5, 0.6) is 5.75 Å². The number of anilines is 1. The second kappa shape index (κ2) is 4.83. The molecule has 2 nitrogen and oxygen atoms in total. The highest BCUT2D eigenvalue weighted by Crippen LogP contribution is 2.19. The van der Waals surface area contributed by atoms with Crippen LogP contribution in [-0.2, 0) is 0 Å². The predicted molar refractivity (Wildman–Crippen MR) is 49.7 cm³/mol. The number of methoxy groups -OCH3 is 1. The van der Waals surface area contributed by atoms with Crippen LogP contribution in [0.1, 0.15) is 0 Å². The number of hydrogen-bond acceptors (Lipinski definition) is 2. The van der Waals surface area contributed by atoms with Crippen LogP contribution in [0.4, 0.5) is 10.1 Å². The molecule has 0 atom stereocenters. The van der Waals surface area contributed by atoms with Gasteiger partial charge in [-0.1, -0.05) is 0 Å². The van der Waals surface area contributed by atoms with Crippen LogP contribution in [-0.4, -0.2) is 14.2 Å². The van der Waals surface area contributed by atoms with E-state index in [1.54, 1.807) is 19.2 Å². The van der Waals surface area contributed by atoms with Gasteiger partial charge in [-0.3, -0.25) is 0 Å². The van der Waals surface area contributed by atoms with Gasteiger partial charge in [-0.15, -0.1) is 12.4 Å². The van der Waals surface area contributed by atoms with E-state index in [0.29, 0.717) is 0 Å². The molecule has 0 aliphatic heterocycles. The first-order valence-electron chi connectivity index (χ1n) is 3.29. The lowest BCUT2D eigenvalue weighted by atomic mass is 10.3. The van der Waals surface area contributed by atoms with Gasteiger partial charge in [0.2, 0.25) is 0 Å². The van der Waals surface area contributed by atoms with Gasteiger partial charge in [0.1, 0.15) is 0 Å². The minimum absolute atomic E-state index is 0. The van der Waals surface area contributed by atoms with Crippen LogP contribution in [0.2, 0.25) is 0 Å². The van der Waals surface area contributed by atoms with Crippen LogP contribution >= 0.6 is 12.4 Å². The Labute approximate surface area is 77.1 Å². The maximum atomic E-state index is 12.9. The lowest BCUT2D eigenvalue weighted by molar-refractivity contribution is 0.386. The summed E-state index contributed by atoms with van der Waals surface area (Å²) in [5, 5.41) is 2.82. The Morgan fingerprint density at radius 3 is 2.50 bits per heavy atom. The van der Waals surface area contributed by atoms with Crippen molar-refractivity contribution >= 4 is 18.1 Å². The van der Waals surface area contributed by atoms with Crippen molar-refractivity contribution in [1.82, 2.24) is 0 Å². The molecule has 0 fully saturated rings. The molecule has 0 aromatic heterocycles. The Balaban J connectivity index is 0.00000121. The van der Waals surface area contributed by atoms with Crippen LogP contribution in [0.25, 0.3) is 0 Å². The summed E-state index contributed by atoms with van der Waals surface area (Å²) in [5.74, 6) is -0.0802. The van der Waals surface area contributed by atoms with Gasteiger partial charge in [0.15, 0.2) is 11.6 Å². The summed E-state index contributed by atoms with van der Waals surface area (Å²) < 4.78 is 17.6. The lowest BCUT2D eigenvalue weighted by Crippen LogP contribution is -1.91. The Morgan fingerprint density at radius 2 is 2.08 bits per heavy atom. The van der Waals surface area contributed by atoms with Crippen LogP contribution in [0.3, 0.4) is 0 Å². The fraction of sp³-hybridized carbons (Fsp3) is 0.250. The third-order valence-corrected chi connectivity index (χ3v) is 1.44. The van der Waals surface area contributed by atoms with E-state index in [1.807, 2.05) is 0 Å². The Hall–Kier alpha value is -0.960. The molecule has 1 aromatic carbocycles. The number of benzene rings is 1. The Kier molecular flexibility index (Phi) is 4.44. The first-order chi connectivity index (χ1) is 5.27. The Bertz CT molecular complexity index is 255. The molecule has 0 radical (unpaired) electrons. The summed E-state index contributed by atoms with van der Waals surface area (Å²) >= 11 is 0. The summed E-state index contributed by atoms with van der Waals surface area (Å²) in [7, 11) is 3.18. The summed E-state index contributed by atoms with van der Waals surface area (Å²) in [6, 6.07) is 4.72. The fourth-order valence-electron chi connectivity index (χ4n) is 0.822. The predicted octanol–water partition coefficient (Wildman–Crippen LogP) is 2.30. The van der Waals surface area contributed by atoms with Crippen molar-refractivity contribution in [3.05, 3.63) is 24.0 Å². The van der Waals surface area contributed by atoms with Crippen LogP contribution < -0.4 is 10.1 Å². The third-order valence-electron chi connectivity index (χ3n) is 1.44. The zero-order chi connectivity index (χ0) is 8.27. The molecule has 12 heavy (non-hydrogen) atoms. The largest absolute Gasteiger partial charge is 0.494 e. The normalized spacial score (nSPS) is 8.58. The van der Waals surface area contributed by atoms with Gasteiger partial charge in [-0.2, -0.15) is 0 Å². The highest BCUT2D eigenvalue weighted by molar-refractivity contribution is 5.85. The van der Waals surface area contributed by atoms with Crippen LogP contribution in [0.15, 0.2) is 18.2 Å². The molecule has 0 amide bonds. The molecular weight excluding hydrogens is 181 g/mol. The maximum Gasteiger partial charge on any atom is 0.167 e. The van der Waals surface area contributed by atoms with Gasteiger partial charge < -0.3 is 10.1 Å². The summed E-state index contributed by atoms with van der Waals surface area (Å²) in [6.45, 7) is 0. The van der Waals surface area contributed by atoms with Gasteiger partial charge in [-0.25, -0.2) is 4.39 Å². The zero-order valence-corrected chi connectivity index (χ0v) is 7.74. The molecule has 0 aliphatic rings. The summed E-state index contributed by atoms with van der Waals surface area (Å²) in [5.41, 5.74) is 0.739. The molecule has 68 valence electrons. The van der Waals surface area contributed by atoms with Gasteiger partial charge in [0.05, 0.1) is 7.11 Å². The molecule has 0 unspecified atom stereocenters. The summed E-state index contributed by atoms with van der Waals surface area (Å²) in [6.07, 6.45) is 0. The molecule has 1 N–H and O–H groups in total. The molecule has 0 spiro atoms. The van der Waals surface area contributed by atoms with Crippen molar-refractivity contribution < 1.29 is 9.13 Å². The number of hydrogen-bond donors (Lipinski definition) is 1. The molecule has 1 aromatic rings. The second-order valence-electron chi connectivity index (χ2n) is 2.10. The van der Waals surface area contributed by atoms with E-state index < -0.39 is 0 Å². The van der Waals surface area contributed by atoms with Crippen molar-refractivity contribution in [1.29, 1.82) is 0 Å². The smallest absolute Gasteiger partial charge is 0.167 e. The molecule has 0 saturated heterocycles. The average Bonchev–Trinajstić information content (AvgIpc) is 2.04. The second-order valence-corrected chi connectivity index (χ2v) is 2.10. The van der Waals surface area contributed by atoms with Crippen molar-refractivity contribution in [3.63, 3.8) is 0 Å². The number of halogens is 2. The lowest BCUT2D eigenvalue weighted by Gasteiger charge is -2.03. The minimum Gasteiger partial charge on any atom is -0.494 e.